The number of halogens is 2. The van der Waals surface area contributed by atoms with Gasteiger partial charge < -0.3 is 5.73 Å². The molecule has 2 rings (SSSR count). The van der Waals surface area contributed by atoms with Crippen molar-refractivity contribution in [3.63, 3.8) is 0 Å². The minimum absolute atomic E-state index is 0.0295. The van der Waals surface area contributed by atoms with Crippen LogP contribution in [0.15, 0.2) is 12.1 Å². The van der Waals surface area contributed by atoms with Gasteiger partial charge in [0.1, 0.15) is 5.82 Å². The maximum absolute atomic E-state index is 13.1. The van der Waals surface area contributed by atoms with Gasteiger partial charge >= 0.3 is 0 Å². The van der Waals surface area contributed by atoms with Gasteiger partial charge in [-0.3, -0.25) is 0 Å². The Balaban J connectivity index is 2.52. The number of hydrogen-bond donors (Lipinski definition) is 1. The van der Waals surface area contributed by atoms with Crippen molar-refractivity contribution in [1.82, 2.24) is 0 Å². The van der Waals surface area contributed by atoms with E-state index in [2.05, 4.69) is 0 Å². The van der Waals surface area contributed by atoms with Crippen molar-refractivity contribution in [3.8, 4) is 0 Å². The molecule has 0 saturated carbocycles. The van der Waals surface area contributed by atoms with Crippen LogP contribution in [0, 0.1) is 5.82 Å². The summed E-state index contributed by atoms with van der Waals surface area (Å²) in [5, 5.41) is 0.177. The average Bonchev–Trinajstić information content (AvgIpc) is 2.09. The number of nitrogens with two attached hydrogens (primary N) is 1. The lowest BCUT2D eigenvalue weighted by Gasteiger charge is -2.22. The second kappa shape index (κ2) is 3.28. The number of aryl methyl sites for hydroxylation is 1. The standard InChI is InChI=1S/C10H11ClFN/c11-8-5-7-6(4-9(8)12)2-1-3-10(7)13/h4-5,10H,1-3,13H2/t10-/m1/s1. The fourth-order valence-electron chi connectivity index (χ4n) is 1.83. The van der Waals surface area contributed by atoms with E-state index in [1.807, 2.05) is 0 Å². The second-order valence-corrected chi connectivity index (χ2v) is 3.87. The molecule has 1 aliphatic carbocycles. The molecule has 1 aliphatic rings. The Morgan fingerprint density at radius 2 is 2.23 bits per heavy atom. The van der Waals surface area contributed by atoms with E-state index in [-0.39, 0.29) is 16.9 Å². The van der Waals surface area contributed by atoms with E-state index < -0.39 is 0 Å². The number of benzene rings is 1. The predicted octanol–water partition coefficient (Wildman–Crippen LogP) is 2.82. The summed E-state index contributed by atoms with van der Waals surface area (Å²) in [7, 11) is 0. The van der Waals surface area contributed by atoms with Gasteiger partial charge in [-0.25, -0.2) is 4.39 Å². The Bertz CT molecular complexity index is 338. The summed E-state index contributed by atoms with van der Waals surface area (Å²) in [6.07, 6.45) is 2.92. The van der Waals surface area contributed by atoms with Crippen molar-refractivity contribution in [2.75, 3.05) is 0 Å². The molecule has 1 aromatic carbocycles. The van der Waals surface area contributed by atoms with E-state index in [4.69, 9.17) is 17.3 Å². The third-order valence-corrected chi connectivity index (χ3v) is 2.83. The highest BCUT2D eigenvalue weighted by atomic mass is 35.5. The Morgan fingerprint density at radius 3 is 3.00 bits per heavy atom. The molecule has 2 N–H and O–H groups in total. The highest BCUT2D eigenvalue weighted by molar-refractivity contribution is 6.30. The zero-order chi connectivity index (χ0) is 9.42. The summed E-state index contributed by atoms with van der Waals surface area (Å²) < 4.78 is 13.1. The molecule has 0 radical (unpaired) electrons. The minimum Gasteiger partial charge on any atom is -0.324 e. The van der Waals surface area contributed by atoms with E-state index in [1.54, 1.807) is 6.07 Å². The smallest absolute Gasteiger partial charge is 0.142 e. The summed E-state index contributed by atoms with van der Waals surface area (Å²) in [5.41, 5.74) is 7.91. The lowest BCUT2D eigenvalue weighted by atomic mass is 9.88. The Hall–Kier alpha value is -0.600. The Kier molecular flexibility index (Phi) is 2.26. The zero-order valence-electron chi connectivity index (χ0n) is 7.19. The van der Waals surface area contributed by atoms with Gasteiger partial charge in [0, 0.05) is 6.04 Å². The van der Waals surface area contributed by atoms with E-state index in [0.29, 0.717) is 0 Å². The quantitative estimate of drug-likeness (QED) is 0.683. The largest absolute Gasteiger partial charge is 0.324 e. The van der Waals surface area contributed by atoms with Crippen LogP contribution < -0.4 is 5.73 Å². The molecule has 70 valence electrons. The first-order valence-corrected chi connectivity index (χ1v) is 4.79. The fourth-order valence-corrected chi connectivity index (χ4v) is 2.01. The number of hydrogen-bond acceptors (Lipinski definition) is 1. The van der Waals surface area contributed by atoms with Gasteiger partial charge in [0.2, 0.25) is 0 Å². The Morgan fingerprint density at radius 1 is 1.46 bits per heavy atom. The molecule has 0 aliphatic heterocycles. The molecule has 3 heteroatoms. The third-order valence-electron chi connectivity index (χ3n) is 2.54. The van der Waals surface area contributed by atoms with Gasteiger partial charge in [-0.05, 0) is 42.5 Å². The predicted molar refractivity (Wildman–Crippen MR) is 51.3 cm³/mol. The maximum Gasteiger partial charge on any atom is 0.142 e. The van der Waals surface area contributed by atoms with Crippen molar-refractivity contribution in [2.24, 2.45) is 5.73 Å². The lowest BCUT2D eigenvalue weighted by Crippen LogP contribution is -2.17. The van der Waals surface area contributed by atoms with Gasteiger partial charge in [-0.15, -0.1) is 0 Å². The van der Waals surface area contributed by atoms with Crippen LogP contribution >= 0.6 is 11.6 Å². The van der Waals surface area contributed by atoms with Crippen molar-refractivity contribution < 1.29 is 4.39 Å². The van der Waals surface area contributed by atoms with Crippen LogP contribution in [0.2, 0.25) is 5.02 Å². The molecule has 0 spiro atoms. The van der Waals surface area contributed by atoms with Crippen LogP contribution in [0.3, 0.4) is 0 Å². The van der Waals surface area contributed by atoms with Crippen molar-refractivity contribution in [2.45, 2.75) is 25.3 Å². The summed E-state index contributed by atoms with van der Waals surface area (Å²) in [4.78, 5) is 0. The SMILES string of the molecule is N[C@@H]1CCCc2cc(F)c(Cl)cc21. The first-order valence-electron chi connectivity index (χ1n) is 4.42. The van der Waals surface area contributed by atoms with Crippen LogP contribution in [-0.2, 0) is 6.42 Å². The zero-order valence-corrected chi connectivity index (χ0v) is 7.94. The van der Waals surface area contributed by atoms with Gasteiger partial charge in [0.25, 0.3) is 0 Å². The minimum atomic E-state index is -0.338. The molecule has 0 aromatic heterocycles. The normalized spacial score (nSPS) is 21.3. The molecule has 0 saturated heterocycles. The van der Waals surface area contributed by atoms with E-state index in [9.17, 15) is 4.39 Å². The highest BCUT2D eigenvalue weighted by Crippen LogP contribution is 2.31. The Labute approximate surface area is 81.7 Å². The molecular weight excluding hydrogens is 189 g/mol. The van der Waals surface area contributed by atoms with Crippen LogP contribution in [0.4, 0.5) is 4.39 Å². The van der Waals surface area contributed by atoms with Crippen molar-refractivity contribution >= 4 is 11.6 Å². The highest BCUT2D eigenvalue weighted by Gasteiger charge is 2.18. The monoisotopic (exact) mass is 199 g/mol. The van der Waals surface area contributed by atoms with E-state index >= 15 is 0 Å². The molecule has 0 amide bonds. The molecule has 0 bridgehead atoms. The topological polar surface area (TPSA) is 26.0 Å². The molecule has 1 aromatic rings. The fraction of sp³-hybridized carbons (Fsp3) is 0.400. The molecule has 0 unspecified atom stereocenters. The maximum atomic E-state index is 13.1. The molecule has 13 heavy (non-hydrogen) atoms. The first-order chi connectivity index (χ1) is 6.18. The van der Waals surface area contributed by atoms with Crippen LogP contribution in [0.25, 0.3) is 0 Å². The van der Waals surface area contributed by atoms with E-state index in [1.165, 1.54) is 6.07 Å². The summed E-state index contributed by atoms with van der Waals surface area (Å²) >= 11 is 5.68. The van der Waals surface area contributed by atoms with Crippen LogP contribution in [0.5, 0.6) is 0 Å². The molecule has 1 atom stereocenters. The average molecular weight is 200 g/mol. The molecule has 1 nitrogen and oxygen atoms in total. The summed E-state index contributed by atoms with van der Waals surface area (Å²) in [6.45, 7) is 0. The van der Waals surface area contributed by atoms with Gasteiger partial charge in [-0.1, -0.05) is 11.6 Å². The molecule has 0 fully saturated rings. The molecular formula is C10H11ClFN. The van der Waals surface area contributed by atoms with Gasteiger partial charge in [-0.2, -0.15) is 0 Å². The number of rotatable bonds is 0. The van der Waals surface area contributed by atoms with Crippen LogP contribution in [0.1, 0.15) is 30.0 Å². The summed E-state index contributed by atoms with van der Waals surface area (Å²) in [6, 6.07) is 3.20. The summed E-state index contributed by atoms with van der Waals surface area (Å²) in [5.74, 6) is -0.338. The third kappa shape index (κ3) is 1.56. The molecule has 0 heterocycles. The van der Waals surface area contributed by atoms with Gasteiger partial charge in [0.05, 0.1) is 5.02 Å². The second-order valence-electron chi connectivity index (χ2n) is 3.46. The van der Waals surface area contributed by atoms with Gasteiger partial charge in [0.15, 0.2) is 0 Å². The van der Waals surface area contributed by atoms with Crippen LogP contribution in [-0.4, -0.2) is 0 Å². The number of fused-ring (bicyclic) bond motifs is 1. The van der Waals surface area contributed by atoms with E-state index in [0.717, 1.165) is 30.4 Å². The lowest BCUT2D eigenvalue weighted by molar-refractivity contribution is 0.560. The van der Waals surface area contributed by atoms with Crippen molar-refractivity contribution in [1.29, 1.82) is 0 Å². The first kappa shape index (κ1) is 8.97. The van der Waals surface area contributed by atoms with Crippen molar-refractivity contribution in [3.05, 3.63) is 34.1 Å².